The van der Waals surface area contributed by atoms with Crippen LogP contribution in [-0.2, 0) is 0 Å². The minimum Gasteiger partial charge on any atom is -0.478 e. The maximum atomic E-state index is 12.3. The highest BCUT2D eigenvalue weighted by molar-refractivity contribution is 6.31. The molecule has 0 fully saturated rings. The van der Waals surface area contributed by atoms with Crippen LogP contribution in [0.4, 0.5) is 32.3 Å². The number of aromatic carboxylic acids is 1. The van der Waals surface area contributed by atoms with Crippen molar-refractivity contribution in [2.75, 3.05) is 21.3 Å². The predicted molar refractivity (Wildman–Crippen MR) is 148 cm³/mol. The zero-order valence-electron chi connectivity index (χ0n) is 19.5. The Labute approximate surface area is 227 Å². The third kappa shape index (κ3) is 7.39. The number of carboxylic acid groups (broad SMARTS) is 1. The van der Waals surface area contributed by atoms with E-state index >= 15 is 0 Å². The Morgan fingerprint density at radius 2 is 1.13 bits per heavy atom. The molecule has 0 aromatic heterocycles. The Morgan fingerprint density at radius 3 is 1.68 bits per heavy atom. The standard InChI is InChI=1S/C27H20Cl2N4O5/c28-16-3-1-5-19(13-16)31-26(36)30-18-7-9-21(10-8-18)38-22-11-12-24(23(15-22)25(34)35)33-27(37)32-20-6-2-4-17(29)14-20/h1-15H,(H,34,35)(H2,30,31,36)(H2,32,33,37). The van der Waals surface area contributed by atoms with Gasteiger partial charge in [0.1, 0.15) is 11.5 Å². The molecule has 5 N–H and O–H groups in total. The van der Waals surface area contributed by atoms with Crippen molar-refractivity contribution >= 4 is 64.0 Å². The van der Waals surface area contributed by atoms with Gasteiger partial charge in [-0.05, 0) is 78.9 Å². The van der Waals surface area contributed by atoms with Crippen molar-refractivity contribution in [3.8, 4) is 11.5 Å². The lowest BCUT2D eigenvalue weighted by atomic mass is 10.1. The summed E-state index contributed by atoms with van der Waals surface area (Å²) in [4.78, 5) is 36.4. The summed E-state index contributed by atoms with van der Waals surface area (Å²) >= 11 is 11.8. The molecule has 192 valence electrons. The van der Waals surface area contributed by atoms with Crippen molar-refractivity contribution in [1.82, 2.24) is 0 Å². The summed E-state index contributed by atoms with van der Waals surface area (Å²) in [6, 6.07) is 22.9. The first-order valence-electron chi connectivity index (χ1n) is 11.1. The second-order valence-electron chi connectivity index (χ2n) is 7.82. The van der Waals surface area contributed by atoms with Gasteiger partial charge in [0.05, 0.1) is 11.3 Å². The van der Waals surface area contributed by atoms with Crippen LogP contribution < -0.4 is 26.0 Å². The summed E-state index contributed by atoms with van der Waals surface area (Å²) in [6.45, 7) is 0. The monoisotopic (exact) mass is 550 g/mol. The minimum atomic E-state index is -1.25. The van der Waals surface area contributed by atoms with Gasteiger partial charge in [-0.2, -0.15) is 0 Å². The number of ether oxygens (including phenoxy) is 1. The molecule has 9 nitrogen and oxygen atoms in total. The van der Waals surface area contributed by atoms with Gasteiger partial charge in [0.15, 0.2) is 0 Å². The smallest absolute Gasteiger partial charge is 0.337 e. The van der Waals surface area contributed by atoms with Gasteiger partial charge in [-0.25, -0.2) is 14.4 Å². The Morgan fingerprint density at radius 1 is 0.605 bits per heavy atom. The molecule has 4 amide bonds. The Kier molecular flexibility index (Phi) is 8.32. The Balaban J connectivity index is 1.38. The van der Waals surface area contributed by atoms with E-state index in [1.807, 2.05) is 0 Å². The molecule has 4 aromatic carbocycles. The van der Waals surface area contributed by atoms with Crippen LogP contribution in [0.3, 0.4) is 0 Å². The van der Waals surface area contributed by atoms with E-state index in [4.69, 9.17) is 27.9 Å². The molecule has 0 saturated carbocycles. The first-order valence-corrected chi connectivity index (χ1v) is 11.8. The van der Waals surface area contributed by atoms with Crippen LogP contribution in [0.25, 0.3) is 0 Å². The van der Waals surface area contributed by atoms with Gasteiger partial charge in [-0.3, -0.25) is 0 Å². The molecule has 0 heterocycles. The fourth-order valence-corrected chi connectivity index (χ4v) is 3.71. The zero-order valence-corrected chi connectivity index (χ0v) is 21.0. The topological polar surface area (TPSA) is 129 Å². The maximum absolute atomic E-state index is 12.3. The molecule has 0 aliphatic carbocycles. The normalized spacial score (nSPS) is 10.3. The summed E-state index contributed by atoms with van der Waals surface area (Å²) in [5, 5.41) is 21.1. The average Bonchev–Trinajstić information content (AvgIpc) is 2.86. The van der Waals surface area contributed by atoms with E-state index in [2.05, 4.69) is 21.3 Å². The Bertz CT molecular complexity index is 1500. The van der Waals surface area contributed by atoms with Crippen LogP contribution in [-0.4, -0.2) is 23.1 Å². The second kappa shape index (κ2) is 12.0. The van der Waals surface area contributed by atoms with E-state index in [-0.39, 0.29) is 17.0 Å². The molecule has 4 aromatic rings. The summed E-state index contributed by atoms with van der Waals surface area (Å²) in [6.07, 6.45) is 0. The number of urea groups is 2. The first-order chi connectivity index (χ1) is 18.2. The van der Waals surface area contributed by atoms with Crippen molar-refractivity contribution in [2.24, 2.45) is 0 Å². The third-order valence-corrected chi connectivity index (χ3v) is 5.45. The molecule has 0 aliphatic rings. The number of carbonyl (C=O) groups is 3. The van der Waals surface area contributed by atoms with Crippen molar-refractivity contribution in [2.45, 2.75) is 0 Å². The van der Waals surface area contributed by atoms with Gasteiger partial charge in [0.25, 0.3) is 0 Å². The first kappa shape index (κ1) is 26.3. The van der Waals surface area contributed by atoms with Crippen molar-refractivity contribution in [1.29, 1.82) is 0 Å². The molecular formula is C27H20Cl2N4O5. The molecule has 0 atom stereocenters. The second-order valence-corrected chi connectivity index (χ2v) is 8.69. The summed E-state index contributed by atoms with van der Waals surface area (Å²) in [7, 11) is 0. The van der Waals surface area contributed by atoms with Gasteiger partial charge in [0.2, 0.25) is 0 Å². The third-order valence-electron chi connectivity index (χ3n) is 4.98. The summed E-state index contributed by atoms with van der Waals surface area (Å²) < 4.78 is 5.76. The van der Waals surface area contributed by atoms with Gasteiger partial charge in [0, 0.05) is 27.1 Å². The van der Waals surface area contributed by atoms with Gasteiger partial charge in [-0.15, -0.1) is 0 Å². The highest BCUT2D eigenvalue weighted by atomic mass is 35.5. The van der Waals surface area contributed by atoms with Crippen molar-refractivity contribution in [3.05, 3.63) is 107 Å². The number of rotatable bonds is 7. The lowest BCUT2D eigenvalue weighted by Crippen LogP contribution is -2.21. The molecule has 38 heavy (non-hydrogen) atoms. The van der Waals surface area contributed by atoms with Crippen LogP contribution in [0.2, 0.25) is 10.0 Å². The number of nitrogens with one attached hydrogen (secondary N) is 4. The van der Waals surface area contributed by atoms with Crippen molar-refractivity contribution in [3.63, 3.8) is 0 Å². The molecule has 0 radical (unpaired) electrons. The number of benzene rings is 4. The molecule has 0 saturated heterocycles. The highest BCUT2D eigenvalue weighted by Gasteiger charge is 2.15. The lowest BCUT2D eigenvalue weighted by molar-refractivity contribution is 0.0697. The molecule has 0 bridgehead atoms. The molecule has 11 heteroatoms. The van der Waals surface area contributed by atoms with E-state index in [9.17, 15) is 19.5 Å². The molecule has 0 spiro atoms. The fourth-order valence-electron chi connectivity index (χ4n) is 3.33. The highest BCUT2D eigenvalue weighted by Crippen LogP contribution is 2.28. The fraction of sp³-hybridized carbons (Fsp3) is 0. The number of anilines is 4. The van der Waals surface area contributed by atoms with Gasteiger partial charge in [-0.1, -0.05) is 35.3 Å². The van der Waals surface area contributed by atoms with E-state index in [0.29, 0.717) is 32.9 Å². The van der Waals surface area contributed by atoms with Crippen LogP contribution in [0, 0.1) is 0 Å². The van der Waals surface area contributed by atoms with E-state index < -0.39 is 18.0 Å². The summed E-state index contributed by atoms with van der Waals surface area (Å²) in [5.74, 6) is -0.608. The van der Waals surface area contributed by atoms with Crippen molar-refractivity contribution < 1.29 is 24.2 Å². The minimum absolute atomic E-state index is 0.0784. The largest absolute Gasteiger partial charge is 0.478 e. The zero-order chi connectivity index (χ0) is 27.1. The molecular weight excluding hydrogens is 531 g/mol. The summed E-state index contributed by atoms with van der Waals surface area (Å²) in [5.41, 5.74) is 1.42. The molecule has 0 unspecified atom stereocenters. The van der Waals surface area contributed by atoms with E-state index in [1.165, 1.54) is 18.2 Å². The van der Waals surface area contributed by atoms with E-state index in [1.54, 1.807) is 72.8 Å². The van der Waals surface area contributed by atoms with Crippen LogP contribution in [0.15, 0.2) is 91.0 Å². The number of carboxylic acids is 1. The number of amides is 4. The van der Waals surface area contributed by atoms with Crippen LogP contribution in [0.5, 0.6) is 11.5 Å². The number of halogens is 2. The maximum Gasteiger partial charge on any atom is 0.337 e. The van der Waals surface area contributed by atoms with Gasteiger partial charge < -0.3 is 31.1 Å². The quantitative estimate of drug-likeness (QED) is 0.160. The molecule has 4 rings (SSSR count). The molecule has 0 aliphatic heterocycles. The van der Waals surface area contributed by atoms with Crippen LogP contribution in [0.1, 0.15) is 10.4 Å². The predicted octanol–water partition coefficient (Wildman–Crippen LogP) is 7.77. The lowest BCUT2D eigenvalue weighted by Gasteiger charge is -2.13. The number of hydrogen-bond acceptors (Lipinski definition) is 4. The van der Waals surface area contributed by atoms with Gasteiger partial charge >= 0.3 is 18.0 Å². The average molecular weight is 551 g/mol. The number of hydrogen-bond donors (Lipinski definition) is 5. The Hall–Kier alpha value is -4.73. The van der Waals surface area contributed by atoms with E-state index in [0.717, 1.165) is 0 Å². The number of carbonyl (C=O) groups excluding carboxylic acids is 2. The SMILES string of the molecule is O=C(Nc1ccc(Oc2ccc(NC(=O)Nc3cccc(Cl)c3)c(C(=O)O)c2)cc1)Nc1cccc(Cl)c1. The van der Waals surface area contributed by atoms with Crippen LogP contribution >= 0.6 is 23.2 Å².